The van der Waals surface area contributed by atoms with E-state index in [9.17, 15) is 40.2 Å². The highest BCUT2D eigenvalue weighted by molar-refractivity contribution is 5.73. The number of ether oxygens (including phenoxy) is 6. The van der Waals surface area contributed by atoms with Crippen LogP contribution in [-0.4, -0.2) is 167 Å². The predicted molar refractivity (Wildman–Crippen MR) is 141 cm³/mol. The molecule has 3 heterocycles. The molecule has 0 aromatic heterocycles. The molecule has 0 radical (unpaired) electrons. The Morgan fingerprint density at radius 1 is 0.814 bits per heavy atom. The van der Waals surface area contributed by atoms with Gasteiger partial charge in [0.05, 0.1) is 50.5 Å². The predicted octanol–water partition coefficient (Wildman–Crippen LogP) is -5.46. The van der Waals surface area contributed by atoms with Crippen LogP contribution < -0.4 is 16.4 Å². The van der Waals surface area contributed by atoms with Gasteiger partial charge in [0.25, 0.3) is 0 Å². The Balaban J connectivity index is 1.78. The lowest BCUT2D eigenvalue weighted by Gasteiger charge is -2.49. The number of rotatable bonds is 13. The summed E-state index contributed by atoms with van der Waals surface area (Å²) in [6.07, 6.45) is -14.5. The van der Waals surface area contributed by atoms with E-state index in [4.69, 9.17) is 39.3 Å². The van der Waals surface area contributed by atoms with Crippen molar-refractivity contribution in [3.63, 3.8) is 0 Å². The van der Waals surface area contributed by atoms with Gasteiger partial charge in [-0.3, -0.25) is 9.59 Å². The van der Waals surface area contributed by atoms with Crippen molar-refractivity contribution in [1.82, 2.24) is 10.6 Å². The molecule has 15 atom stereocenters. The van der Waals surface area contributed by atoms with Crippen LogP contribution in [-0.2, 0) is 38.0 Å². The number of hydrogen-bond acceptors (Lipinski definition) is 16. The van der Waals surface area contributed by atoms with Gasteiger partial charge >= 0.3 is 5.97 Å². The van der Waals surface area contributed by atoms with Gasteiger partial charge < -0.3 is 80.5 Å². The van der Waals surface area contributed by atoms with E-state index in [0.29, 0.717) is 0 Å². The molecule has 3 rings (SSSR count). The summed E-state index contributed by atoms with van der Waals surface area (Å²) in [7, 11) is 1.29. The molecule has 0 bridgehead atoms. The summed E-state index contributed by atoms with van der Waals surface area (Å²) in [6, 6.07) is -3.46. The Morgan fingerprint density at radius 2 is 1.35 bits per heavy atom. The van der Waals surface area contributed by atoms with Gasteiger partial charge in [0.15, 0.2) is 18.9 Å². The van der Waals surface area contributed by atoms with Gasteiger partial charge in [0.2, 0.25) is 5.91 Å². The monoisotopic (exact) mass is 627 g/mol. The maximum absolute atomic E-state index is 11.7. The number of aliphatic hydroxyl groups is 6. The van der Waals surface area contributed by atoms with E-state index in [1.54, 1.807) is 6.92 Å². The number of methoxy groups -OCH3 is 1. The summed E-state index contributed by atoms with van der Waals surface area (Å²) in [5.41, 5.74) is 6.25. The van der Waals surface area contributed by atoms with E-state index < -0.39 is 123 Å². The van der Waals surface area contributed by atoms with Crippen LogP contribution >= 0.6 is 0 Å². The number of aliphatic hydroxyl groups excluding tert-OH is 6. The summed E-state index contributed by atoms with van der Waals surface area (Å²) in [4.78, 5) is 22.7. The summed E-state index contributed by atoms with van der Waals surface area (Å²) >= 11 is 0. The van der Waals surface area contributed by atoms with Crippen molar-refractivity contribution >= 4 is 11.9 Å². The Hall–Kier alpha value is -1.62. The minimum atomic E-state index is -1.59. The molecule has 43 heavy (non-hydrogen) atoms. The number of aliphatic carboxylic acids is 1. The van der Waals surface area contributed by atoms with Crippen molar-refractivity contribution in [3.8, 4) is 0 Å². The van der Waals surface area contributed by atoms with Gasteiger partial charge in [-0.2, -0.15) is 0 Å². The van der Waals surface area contributed by atoms with E-state index in [1.807, 2.05) is 0 Å². The molecular formula is C25H45N3O15. The average Bonchev–Trinajstić information content (AvgIpc) is 2.97. The zero-order chi connectivity index (χ0) is 32.0. The molecule has 250 valence electrons. The lowest BCUT2D eigenvalue weighted by molar-refractivity contribution is -0.349. The van der Waals surface area contributed by atoms with Crippen molar-refractivity contribution in [2.24, 2.45) is 11.7 Å². The second-order valence-electron chi connectivity index (χ2n) is 10.9. The van der Waals surface area contributed by atoms with E-state index in [-0.39, 0.29) is 13.0 Å². The SMILES string of the molecule is COC1OC(CO)C(OC2OC(CO)C(OC3OC(CO)C(C)C(O)C3NCCC(=O)O)C(O)C2N)C(O)C1NC(C)=O. The standard InChI is InChI=1S/C25H45N3O15/c1-9-11(6-29)39-25(16(18(9)35)27-5-4-14(33)34)43-21-12(7-30)40-23(15(26)19(21)36)42-22-13(8-31)41-24(38-3)17(20(22)37)28-10(2)32/h9,11-13,15-25,27,29-31,35-37H,4-8,26H2,1-3H3,(H,28,32)(H,33,34). The number of nitrogens with one attached hydrogen (secondary N) is 2. The second kappa shape index (κ2) is 16.1. The number of carboxylic acid groups (broad SMARTS) is 1. The number of carbonyl (C=O) groups excluding carboxylic acids is 1. The summed E-state index contributed by atoms with van der Waals surface area (Å²) in [5, 5.41) is 77.3. The fourth-order valence-corrected chi connectivity index (χ4v) is 5.49. The largest absolute Gasteiger partial charge is 0.481 e. The van der Waals surface area contributed by atoms with Gasteiger partial charge in [-0.15, -0.1) is 0 Å². The smallest absolute Gasteiger partial charge is 0.304 e. The van der Waals surface area contributed by atoms with Crippen LogP contribution in [0.5, 0.6) is 0 Å². The Bertz CT molecular complexity index is 902. The summed E-state index contributed by atoms with van der Waals surface area (Å²) in [5.74, 6) is -2.15. The number of carboxylic acids is 1. The first-order chi connectivity index (χ1) is 20.4. The highest BCUT2D eigenvalue weighted by atomic mass is 16.7. The number of amides is 1. The molecule has 3 saturated heterocycles. The normalized spacial score (nSPS) is 43.7. The topological polar surface area (TPSA) is 281 Å². The number of carbonyl (C=O) groups is 2. The lowest BCUT2D eigenvalue weighted by atomic mass is 9.89. The molecule has 3 aliphatic rings. The first-order valence-electron chi connectivity index (χ1n) is 14.0. The van der Waals surface area contributed by atoms with Crippen molar-refractivity contribution in [2.45, 2.75) is 106 Å². The highest BCUT2D eigenvalue weighted by Crippen LogP contribution is 2.33. The molecule has 0 saturated carbocycles. The molecule has 1 amide bonds. The molecule has 18 nitrogen and oxygen atoms in total. The van der Waals surface area contributed by atoms with Crippen molar-refractivity contribution in [2.75, 3.05) is 33.5 Å². The molecule has 3 fully saturated rings. The molecule has 18 heteroatoms. The Morgan fingerprint density at radius 3 is 1.88 bits per heavy atom. The molecule has 0 aliphatic carbocycles. The Kier molecular flexibility index (Phi) is 13.4. The van der Waals surface area contributed by atoms with Crippen LogP contribution in [0.3, 0.4) is 0 Å². The second-order valence-corrected chi connectivity index (χ2v) is 10.9. The van der Waals surface area contributed by atoms with Crippen LogP contribution in [0.2, 0.25) is 0 Å². The van der Waals surface area contributed by atoms with Gasteiger partial charge in [-0.25, -0.2) is 0 Å². The molecule has 11 N–H and O–H groups in total. The molecule has 0 aromatic rings. The van der Waals surface area contributed by atoms with Crippen molar-refractivity contribution in [3.05, 3.63) is 0 Å². The van der Waals surface area contributed by atoms with Gasteiger partial charge in [-0.05, 0) is 0 Å². The fourth-order valence-electron chi connectivity index (χ4n) is 5.49. The van der Waals surface area contributed by atoms with E-state index in [0.717, 1.165) is 0 Å². The van der Waals surface area contributed by atoms with Crippen molar-refractivity contribution in [1.29, 1.82) is 0 Å². The lowest BCUT2D eigenvalue weighted by Crippen LogP contribution is -2.69. The van der Waals surface area contributed by atoms with Crippen LogP contribution in [0, 0.1) is 5.92 Å². The van der Waals surface area contributed by atoms with E-state index in [2.05, 4.69) is 10.6 Å². The van der Waals surface area contributed by atoms with Gasteiger partial charge in [0.1, 0.15) is 42.7 Å². The van der Waals surface area contributed by atoms with E-state index in [1.165, 1.54) is 14.0 Å². The first-order valence-corrected chi connectivity index (χ1v) is 14.0. The zero-order valence-corrected chi connectivity index (χ0v) is 24.2. The first kappa shape index (κ1) is 35.9. The third kappa shape index (κ3) is 8.35. The summed E-state index contributed by atoms with van der Waals surface area (Å²) < 4.78 is 34.4. The van der Waals surface area contributed by atoms with Crippen LogP contribution in [0.15, 0.2) is 0 Å². The maximum Gasteiger partial charge on any atom is 0.304 e. The Labute approximate surface area is 247 Å². The fraction of sp³-hybridized carbons (Fsp3) is 0.920. The number of nitrogens with two attached hydrogens (primary N) is 1. The van der Waals surface area contributed by atoms with Gasteiger partial charge in [0, 0.05) is 26.5 Å². The molecule has 0 spiro atoms. The van der Waals surface area contributed by atoms with Crippen molar-refractivity contribution < 1.29 is 73.8 Å². The minimum Gasteiger partial charge on any atom is -0.481 e. The van der Waals surface area contributed by atoms with Gasteiger partial charge in [-0.1, -0.05) is 6.92 Å². The van der Waals surface area contributed by atoms with Crippen LogP contribution in [0.1, 0.15) is 20.3 Å². The number of hydrogen-bond donors (Lipinski definition) is 10. The average molecular weight is 628 g/mol. The third-order valence-electron chi connectivity index (χ3n) is 7.93. The molecular weight excluding hydrogens is 582 g/mol. The maximum atomic E-state index is 11.7. The van der Waals surface area contributed by atoms with Crippen LogP contribution in [0.25, 0.3) is 0 Å². The quantitative estimate of drug-likeness (QED) is 0.0911. The molecule has 15 unspecified atom stereocenters. The molecule has 0 aromatic carbocycles. The summed E-state index contributed by atoms with van der Waals surface area (Å²) in [6.45, 7) is 0.990. The highest BCUT2D eigenvalue weighted by Gasteiger charge is 2.53. The zero-order valence-electron chi connectivity index (χ0n) is 24.2. The third-order valence-corrected chi connectivity index (χ3v) is 7.93. The minimum absolute atomic E-state index is 0.0550. The van der Waals surface area contributed by atoms with Crippen LogP contribution in [0.4, 0.5) is 0 Å². The van der Waals surface area contributed by atoms with E-state index >= 15 is 0 Å². The molecule has 3 aliphatic heterocycles.